The molecule has 0 spiro atoms. The predicted octanol–water partition coefficient (Wildman–Crippen LogP) is 4.00. The number of ether oxygens (including phenoxy) is 1. The van der Waals surface area contributed by atoms with Gasteiger partial charge >= 0.3 is 0 Å². The lowest BCUT2D eigenvalue weighted by atomic mass is 10.2. The second-order valence-electron chi connectivity index (χ2n) is 6.31. The van der Waals surface area contributed by atoms with Crippen molar-refractivity contribution in [3.63, 3.8) is 0 Å². The Labute approximate surface area is 177 Å². The van der Waals surface area contributed by atoms with Gasteiger partial charge in [0.25, 0.3) is 5.69 Å². The minimum absolute atomic E-state index is 0.135. The number of methoxy groups -OCH3 is 1. The smallest absolute Gasteiger partial charge is 0.271 e. The van der Waals surface area contributed by atoms with Crippen molar-refractivity contribution in [3.05, 3.63) is 58.6 Å². The Kier molecular flexibility index (Phi) is 6.68. The number of amides is 1. The molecule has 3 aromatic rings. The van der Waals surface area contributed by atoms with Gasteiger partial charge in [0.2, 0.25) is 5.91 Å². The fraction of sp³-hybridized carbons (Fsp3) is 0.250. The number of rotatable bonds is 8. The minimum atomic E-state index is -0.526. The van der Waals surface area contributed by atoms with Crippen LogP contribution in [-0.4, -0.2) is 38.0 Å². The van der Waals surface area contributed by atoms with Crippen molar-refractivity contribution in [1.82, 2.24) is 14.8 Å². The van der Waals surface area contributed by atoms with Crippen molar-refractivity contribution in [2.45, 2.75) is 30.8 Å². The number of thioether (sulfide) groups is 1. The predicted molar refractivity (Wildman–Crippen MR) is 115 cm³/mol. The normalized spacial score (nSPS) is 11.7. The van der Waals surface area contributed by atoms with Gasteiger partial charge < -0.3 is 14.6 Å². The van der Waals surface area contributed by atoms with E-state index in [0.717, 1.165) is 11.4 Å². The molecule has 0 unspecified atom stereocenters. The monoisotopic (exact) mass is 427 g/mol. The molecule has 1 N–H and O–H groups in total. The number of hydrogen-bond donors (Lipinski definition) is 1. The van der Waals surface area contributed by atoms with E-state index in [0.29, 0.717) is 17.5 Å². The highest BCUT2D eigenvalue weighted by atomic mass is 32.2. The average molecular weight is 427 g/mol. The number of non-ortho nitro benzene ring substituents is 1. The van der Waals surface area contributed by atoms with Gasteiger partial charge in [0.15, 0.2) is 11.0 Å². The largest absolute Gasteiger partial charge is 0.495 e. The summed E-state index contributed by atoms with van der Waals surface area (Å²) in [5.74, 6) is 0.744. The SMILES string of the molecule is CCn1c(S[C@@H](C)C(=O)Nc2cc([N+](=O)[O-])ccc2OC)nnc1-c1ccccc1. The van der Waals surface area contributed by atoms with Crippen LogP contribution in [0.15, 0.2) is 53.7 Å². The third-order valence-corrected chi connectivity index (χ3v) is 5.45. The van der Waals surface area contributed by atoms with E-state index in [-0.39, 0.29) is 17.3 Å². The molecular weight excluding hydrogens is 406 g/mol. The summed E-state index contributed by atoms with van der Waals surface area (Å²) in [5, 5.41) is 22.4. The maximum Gasteiger partial charge on any atom is 0.271 e. The molecule has 1 heterocycles. The molecule has 0 aliphatic rings. The summed E-state index contributed by atoms with van der Waals surface area (Å²) in [5.41, 5.74) is 1.05. The summed E-state index contributed by atoms with van der Waals surface area (Å²) in [6.07, 6.45) is 0. The average Bonchev–Trinajstić information content (AvgIpc) is 3.16. The highest BCUT2D eigenvalue weighted by Gasteiger charge is 2.22. The number of nitro groups is 1. The second-order valence-corrected chi connectivity index (χ2v) is 7.62. The van der Waals surface area contributed by atoms with Crippen molar-refractivity contribution in [1.29, 1.82) is 0 Å². The number of aromatic nitrogens is 3. The Morgan fingerprint density at radius 1 is 1.27 bits per heavy atom. The summed E-state index contributed by atoms with van der Waals surface area (Å²) >= 11 is 1.26. The van der Waals surface area contributed by atoms with Crippen molar-refractivity contribution in [3.8, 4) is 17.1 Å². The van der Waals surface area contributed by atoms with Crippen LogP contribution in [-0.2, 0) is 11.3 Å². The maximum atomic E-state index is 12.7. The third-order valence-electron chi connectivity index (χ3n) is 4.37. The van der Waals surface area contributed by atoms with Gasteiger partial charge in [0.05, 0.1) is 23.0 Å². The first-order valence-corrected chi connectivity index (χ1v) is 10.1. The molecule has 0 radical (unpaired) electrons. The standard InChI is InChI=1S/C20H21N5O4S/c1-4-24-18(14-8-6-5-7-9-14)22-23-20(24)30-13(2)19(26)21-16-12-15(25(27)28)10-11-17(16)29-3/h5-13H,4H2,1-3H3,(H,21,26)/t13-/m0/s1. The molecule has 0 saturated heterocycles. The molecule has 10 heteroatoms. The number of nitrogens with zero attached hydrogens (tertiary/aromatic N) is 4. The van der Waals surface area contributed by atoms with Gasteiger partial charge in [-0.1, -0.05) is 42.1 Å². The summed E-state index contributed by atoms with van der Waals surface area (Å²) in [4.78, 5) is 23.2. The molecule has 0 aliphatic carbocycles. The van der Waals surface area contributed by atoms with Gasteiger partial charge in [-0.25, -0.2) is 0 Å². The molecule has 1 amide bonds. The van der Waals surface area contributed by atoms with Gasteiger partial charge in [-0.3, -0.25) is 14.9 Å². The Bertz CT molecular complexity index is 1050. The molecule has 0 aliphatic heterocycles. The van der Waals surface area contributed by atoms with Crippen LogP contribution in [0.5, 0.6) is 5.75 Å². The van der Waals surface area contributed by atoms with E-state index in [2.05, 4.69) is 15.5 Å². The quantitative estimate of drug-likeness (QED) is 0.328. The van der Waals surface area contributed by atoms with Gasteiger partial charge in [-0.2, -0.15) is 0 Å². The fourth-order valence-corrected chi connectivity index (χ4v) is 3.73. The summed E-state index contributed by atoms with van der Waals surface area (Å²) in [6, 6.07) is 13.7. The number of carbonyl (C=O) groups excluding carboxylic acids is 1. The van der Waals surface area contributed by atoms with Crippen LogP contribution in [0.25, 0.3) is 11.4 Å². The lowest BCUT2D eigenvalue weighted by molar-refractivity contribution is -0.384. The molecule has 2 aromatic carbocycles. The molecule has 0 fully saturated rings. The molecule has 3 rings (SSSR count). The second kappa shape index (κ2) is 9.40. The highest BCUT2D eigenvalue weighted by Crippen LogP contribution is 2.31. The van der Waals surface area contributed by atoms with Crippen molar-refractivity contribution < 1.29 is 14.5 Å². The van der Waals surface area contributed by atoms with Crippen molar-refractivity contribution in [2.24, 2.45) is 0 Å². The Morgan fingerprint density at radius 3 is 2.63 bits per heavy atom. The number of benzene rings is 2. The van der Waals surface area contributed by atoms with Crippen LogP contribution in [0.2, 0.25) is 0 Å². The van der Waals surface area contributed by atoms with E-state index in [4.69, 9.17) is 4.74 Å². The number of hydrogen-bond acceptors (Lipinski definition) is 7. The number of anilines is 1. The zero-order valence-corrected chi connectivity index (χ0v) is 17.5. The van der Waals surface area contributed by atoms with Crippen molar-refractivity contribution >= 4 is 29.0 Å². The van der Waals surface area contributed by atoms with Crippen LogP contribution in [0.4, 0.5) is 11.4 Å². The summed E-state index contributed by atoms with van der Waals surface area (Å²) in [7, 11) is 1.43. The lowest BCUT2D eigenvalue weighted by Gasteiger charge is -2.14. The number of carbonyl (C=O) groups is 1. The van der Waals surface area contributed by atoms with Crippen LogP contribution >= 0.6 is 11.8 Å². The zero-order chi connectivity index (χ0) is 21.7. The third kappa shape index (κ3) is 4.60. The van der Waals surface area contributed by atoms with E-state index >= 15 is 0 Å². The molecule has 156 valence electrons. The first-order valence-electron chi connectivity index (χ1n) is 9.23. The Hall–Kier alpha value is -3.40. The van der Waals surface area contributed by atoms with E-state index in [1.54, 1.807) is 6.92 Å². The summed E-state index contributed by atoms with van der Waals surface area (Å²) < 4.78 is 7.14. The Balaban J connectivity index is 1.78. The number of nitrogens with one attached hydrogen (secondary N) is 1. The van der Waals surface area contributed by atoms with Crippen LogP contribution in [0, 0.1) is 10.1 Å². The van der Waals surface area contributed by atoms with Crippen LogP contribution in [0.1, 0.15) is 13.8 Å². The minimum Gasteiger partial charge on any atom is -0.495 e. The molecule has 1 atom stereocenters. The van der Waals surface area contributed by atoms with E-state index in [1.807, 2.05) is 41.8 Å². The van der Waals surface area contributed by atoms with Crippen LogP contribution in [0.3, 0.4) is 0 Å². The first kappa shape index (κ1) is 21.3. The van der Waals surface area contributed by atoms with E-state index < -0.39 is 10.2 Å². The zero-order valence-electron chi connectivity index (χ0n) is 16.7. The van der Waals surface area contributed by atoms with Gasteiger partial charge in [0.1, 0.15) is 5.75 Å². The number of nitro benzene ring substituents is 1. The highest BCUT2D eigenvalue weighted by molar-refractivity contribution is 8.00. The topological polar surface area (TPSA) is 112 Å². The van der Waals surface area contributed by atoms with Crippen molar-refractivity contribution in [2.75, 3.05) is 12.4 Å². The molecule has 9 nitrogen and oxygen atoms in total. The molecule has 0 bridgehead atoms. The first-order chi connectivity index (χ1) is 14.4. The Morgan fingerprint density at radius 2 is 2.00 bits per heavy atom. The lowest BCUT2D eigenvalue weighted by Crippen LogP contribution is -2.23. The van der Waals surface area contributed by atoms with E-state index in [9.17, 15) is 14.9 Å². The van der Waals surface area contributed by atoms with Gasteiger partial charge in [0, 0.05) is 24.2 Å². The maximum absolute atomic E-state index is 12.7. The van der Waals surface area contributed by atoms with E-state index in [1.165, 1.54) is 37.1 Å². The fourth-order valence-electron chi connectivity index (χ4n) is 2.81. The van der Waals surface area contributed by atoms with Gasteiger partial charge in [-0.15, -0.1) is 10.2 Å². The molecular formula is C20H21N5O4S. The molecule has 30 heavy (non-hydrogen) atoms. The summed E-state index contributed by atoms with van der Waals surface area (Å²) in [6.45, 7) is 4.37. The molecule has 0 saturated carbocycles. The van der Waals surface area contributed by atoms with Gasteiger partial charge in [-0.05, 0) is 19.9 Å². The molecule has 1 aromatic heterocycles. The van der Waals surface area contributed by atoms with Crippen LogP contribution < -0.4 is 10.1 Å².